The third-order valence-corrected chi connectivity index (χ3v) is 1.45. The number of hydrogen-bond donors (Lipinski definition) is 0. The van der Waals surface area contributed by atoms with Crippen molar-refractivity contribution in [1.82, 2.24) is 0 Å². The van der Waals surface area contributed by atoms with E-state index in [4.69, 9.17) is 5.53 Å². The van der Waals surface area contributed by atoms with Gasteiger partial charge in [0.2, 0.25) is 0 Å². The lowest BCUT2D eigenvalue weighted by molar-refractivity contribution is -0.120. The first-order valence-corrected chi connectivity index (χ1v) is 3.83. The average molecular weight is 155 g/mol. The Morgan fingerprint density at radius 1 is 1.64 bits per heavy atom. The Morgan fingerprint density at radius 3 is 2.64 bits per heavy atom. The molecule has 0 aromatic carbocycles. The number of carbonyl (C=O) groups is 1. The van der Waals surface area contributed by atoms with Crippen molar-refractivity contribution in [3.05, 3.63) is 10.4 Å². The van der Waals surface area contributed by atoms with Gasteiger partial charge in [-0.15, -0.1) is 0 Å². The van der Waals surface area contributed by atoms with Crippen LogP contribution in [0.3, 0.4) is 0 Å². The van der Waals surface area contributed by atoms with Gasteiger partial charge in [0, 0.05) is 11.3 Å². The molecule has 0 heterocycles. The van der Waals surface area contributed by atoms with Crippen LogP contribution in [-0.2, 0) is 4.79 Å². The van der Waals surface area contributed by atoms with Crippen LogP contribution >= 0.6 is 0 Å². The quantitative estimate of drug-likeness (QED) is 0.341. The van der Waals surface area contributed by atoms with Gasteiger partial charge >= 0.3 is 0 Å². The molecule has 0 aliphatic carbocycles. The highest BCUT2D eigenvalue weighted by atomic mass is 16.1. The van der Waals surface area contributed by atoms with E-state index in [1.807, 2.05) is 13.8 Å². The zero-order valence-electron chi connectivity index (χ0n) is 6.95. The van der Waals surface area contributed by atoms with Gasteiger partial charge in [0.1, 0.15) is 5.78 Å². The molecule has 0 N–H and O–H groups in total. The van der Waals surface area contributed by atoms with Gasteiger partial charge in [-0.3, -0.25) is 4.79 Å². The Morgan fingerprint density at radius 2 is 2.27 bits per heavy atom. The Hall–Kier alpha value is -1.02. The summed E-state index contributed by atoms with van der Waals surface area (Å²) in [6, 6.07) is -0.444. The molecule has 0 aromatic heterocycles. The molecule has 0 amide bonds. The maximum atomic E-state index is 11.1. The first-order chi connectivity index (χ1) is 5.26. The second kappa shape index (κ2) is 5.74. The number of carbonyl (C=O) groups excluding carboxylic acids is 1. The SMILES string of the molecule is CCCC(=O)[C@@H](CC)N=[N+]=[N-]. The molecular formula is C7H13N3O. The lowest BCUT2D eigenvalue weighted by Crippen LogP contribution is -2.15. The highest BCUT2D eigenvalue weighted by molar-refractivity contribution is 5.83. The second-order valence-corrected chi connectivity index (χ2v) is 2.35. The fourth-order valence-electron chi connectivity index (χ4n) is 0.849. The third-order valence-electron chi connectivity index (χ3n) is 1.45. The zero-order valence-corrected chi connectivity index (χ0v) is 6.95. The Balaban J connectivity index is 4.02. The normalized spacial score (nSPS) is 11.8. The summed E-state index contributed by atoms with van der Waals surface area (Å²) in [5, 5.41) is 3.39. The number of rotatable bonds is 5. The number of azide groups is 1. The van der Waals surface area contributed by atoms with Crippen molar-refractivity contribution in [3.63, 3.8) is 0 Å². The van der Waals surface area contributed by atoms with E-state index in [0.29, 0.717) is 12.8 Å². The summed E-state index contributed by atoms with van der Waals surface area (Å²) >= 11 is 0. The summed E-state index contributed by atoms with van der Waals surface area (Å²) in [5.74, 6) is 0.0489. The molecule has 0 aromatic rings. The van der Waals surface area contributed by atoms with Crippen LogP contribution in [0.15, 0.2) is 5.11 Å². The van der Waals surface area contributed by atoms with Crippen molar-refractivity contribution in [2.24, 2.45) is 5.11 Å². The lowest BCUT2D eigenvalue weighted by atomic mass is 10.1. The summed E-state index contributed by atoms with van der Waals surface area (Å²) < 4.78 is 0. The average Bonchev–Trinajstić information content (AvgIpc) is 2.00. The van der Waals surface area contributed by atoms with E-state index in [-0.39, 0.29) is 5.78 Å². The van der Waals surface area contributed by atoms with Crippen LogP contribution in [0.25, 0.3) is 10.4 Å². The molecule has 0 radical (unpaired) electrons. The maximum Gasteiger partial charge on any atom is 0.141 e. The van der Waals surface area contributed by atoms with Gasteiger partial charge in [-0.25, -0.2) is 0 Å². The molecule has 0 bridgehead atoms. The summed E-state index contributed by atoms with van der Waals surface area (Å²) in [4.78, 5) is 13.7. The maximum absolute atomic E-state index is 11.1. The minimum Gasteiger partial charge on any atom is -0.299 e. The van der Waals surface area contributed by atoms with Crippen LogP contribution < -0.4 is 0 Å². The first-order valence-electron chi connectivity index (χ1n) is 3.83. The molecular weight excluding hydrogens is 142 g/mol. The van der Waals surface area contributed by atoms with E-state index in [1.54, 1.807) is 0 Å². The van der Waals surface area contributed by atoms with Crippen LogP contribution in [-0.4, -0.2) is 11.8 Å². The monoisotopic (exact) mass is 155 g/mol. The molecule has 0 saturated carbocycles. The fraction of sp³-hybridized carbons (Fsp3) is 0.857. The molecule has 4 heteroatoms. The van der Waals surface area contributed by atoms with Gasteiger partial charge in [0.05, 0.1) is 6.04 Å². The van der Waals surface area contributed by atoms with Crippen molar-refractivity contribution >= 4 is 5.78 Å². The smallest absolute Gasteiger partial charge is 0.141 e. The number of hydrogen-bond acceptors (Lipinski definition) is 2. The summed E-state index contributed by atoms with van der Waals surface area (Å²) in [6.45, 7) is 3.77. The minimum absolute atomic E-state index is 0.0489. The first kappa shape index (κ1) is 9.98. The van der Waals surface area contributed by atoms with Crippen LogP contribution in [0.2, 0.25) is 0 Å². The Bertz CT molecular complexity index is 173. The van der Waals surface area contributed by atoms with Crippen molar-refractivity contribution in [3.8, 4) is 0 Å². The van der Waals surface area contributed by atoms with Gasteiger partial charge in [0.15, 0.2) is 0 Å². The highest BCUT2D eigenvalue weighted by Crippen LogP contribution is 2.03. The minimum atomic E-state index is -0.444. The molecule has 0 rings (SSSR count). The van der Waals surface area contributed by atoms with E-state index in [2.05, 4.69) is 10.0 Å². The summed E-state index contributed by atoms with van der Waals surface area (Å²) in [5.41, 5.74) is 8.09. The zero-order chi connectivity index (χ0) is 8.69. The molecule has 0 spiro atoms. The largest absolute Gasteiger partial charge is 0.299 e. The number of ketones is 1. The number of nitrogens with zero attached hydrogens (tertiary/aromatic N) is 3. The molecule has 62 valence electrons. The van der Waals surface area contributed by atoms with Gasteiger partial charge in [-0.05, 0) is 18.4 Å². The van der Waals surface area contributed by atoms with Crippen molar-refractivity contribution in [2.75, 3.05) is 0 Å². The van der Waals surface area contributed by atoms with Gasteiger partial charge in [-0.1, -0.05) is 19.0 Å². The molecule has 0 aliphatic heterocycles. The van der Waals surface area contributed by atoms with Crippen LogP contribution in [0.4, 0.5) is 0 Å². The standard InChI is InChI=1S/C7H13N3O/c1-3-5-7(11)6(4-2)9-10-8/h6H,3-5H2,1-2H3/t6-/m1/s1. The van der Waals surface area contributed by atoms with Crippen molar-refractivity contribution in [1.29, 1.82) is 0 Å². The Labute approximate surface area is 66.2 Å². The highest BCUT2D eigenvalue weighted by Gasteiger charge is 2.12. The van der Waals surface area contributed by atoms with Crippen molar-refractivity contribution < 1.29 is 4.79 Å². The van der Waals surface area contributed by atoms with Gasteiger partial charge in [-0.2, -0.15) is 0 Å². The molecule has 4 nitrogen and oxygen atoms in total. The van der Waals surface area contributed by atoms with E-state index in [1.165, 1.54) is 0 Å². The van der Waals surface area contributed by atoms with E-state index < -0.39 is 6.04 Å². The summed E-state index contributed by atoms with van der Waals surface area (Å²) in [6.07, 6.45) is 1.93. The van der Waals surface area contributed by atoms with E-state index in [9.17, 15) is 4.79 Å². The van der Waals surface area contributed by atoms with Crippen molar-refractivity contribution in [2.45, 2.75) is 39.2 Å². The topological polar surface area (TPSA) is 65.8 Å². The van der Waals surface area contributed by atoms with E-state index in [0.717, 1.165) is 6.42 Å². The number of Topliss-reactive ketones (excluding diaryl/α,β-unsaturated/α-hetero) is 1. The van der Waals surface area contributed by atoms with Gasteiger partial charge in [0.25, 0.3) is 0 Å². The Kier molecular flexibility index (Phi) is 5.21. The van der Waals surface area contributed by atoms with Gasteiger partial charge < -0.3 is 0 Å². The lowest BCUT2D eigenvalue weighted by Gasteiger charge is -2.04. The predicted octanol–water partition coefficient (Wildman–Crippen LogP) is 2.44. The molecule has 0 fully saturated rings. The molecule has 0 saturated heterocycles. The summed E-state index contributed by atoms with van der Waals surface area (Å²) in [7, 11) is 0. The molecule has 0 unspecified atom stereocenters. The molecule has 1 atom stereocenters. The second-order valence-electron chi connectivity index (χ2n) is 2.35. The molecule has 11 heavy (non-hydrogen) atoms. The van der Waals surface area contributed by atoms with Crippen LogP contribution in [0.5, 0.6) is 0 Å². The van der Waals surface area contributed by atoms with Crippen LogP contribution in [0.1, 0.15) is 33.1 Å². The fourth-order valence-corrected chi connectivity index (χ4v) is 0.849. The van der Waals surface area contributed by atoms with E-state index >= 15 is 0 Å². The third kappa shape index (κ3) is 3.63. The molecule has 0 aliphatic rings. The predicted molar refractivity (Wildman–Crippen MR) is 43.1 cm³/mol. The van der Waals surface area contributed by atoms with Crippen LogP contribution in [0, 0.1) is 0 Å².